The fourth-order valence-electron chi connectivity index (χ4n) is 10.4. The summed E-state index contributed by atoms with van der Waals surface area (Å²) in [6.45, 7) is 0. The maximum atomic E-state index is 10.3. The molecule has 0 amide bonds. The van der Waals surface area contributed by atoms with Crippen molar-refractivity contribution < 1.29 is 4.11 Å². The molecule has 1 heteroatoms. The van der Waals surface area contributed by atoms with E-state index in [1.54, 1.807) is 0 Å². The molecule has 0 aliphatic heterocycles. The predicted molar refractivity (Wildman–Crippen MR) is 241 cm³/mol. The summed E-state index contributed by atoms with van der Waals surface area (Å²) < 4.78 is 33.0. The van der Waals surface area contributed by atoms with Gasteiger partial charge in [-0.1, -0.05) is 127 Å². The largest absolute Gasteiger partial charge is 0.309 e. The van der Waals surface area contributed by atoms with Gasteiger partial charge in [-0.25, -0.2) is 0 Å². The fraction of sp³-hybridized carbons (Fsp3) is 0.0714. The predicted octanol–water partition coefficient (Wildman–Crippen LogP) is 14.5. The topological polar surface area (TPSA) is 4.93 Å². The second-order valence-corrected chi connectivity index (χ2v) is 16.0. The average molecular weight is 727 g/mol. The standard InChI is InChI=1S/C56H37N/c1-2-12-44(13-3-1)57-51-15-5-4-14-47(51)50-33-40(24-29-52(50)57)41-30-42(45-25-20-38-18-16-34-8-6-10-36-22-27-48(45)55(38)53(34)36)32-43(31-41)46-26-21-39-19-17-35-9-7-11-37-23-28-49(46)56(39)54(35)37/h1-16,18,20-22,24-27,29-33H,17,19,23,28H2/i30D,31D,32D. The third-order valence-electron chi connectivity index (χ3n) is 13.0. The van der Waals surface area contributed by atoms with Gasteiger partial charge in [0, 0.05) is 16.5 Å². The average Bonchev–Trinajstić information content (AvgIpc) is 3.62. The van der Waals surface area contributed by atoms with Crippen LogP contribution in [-0.2, 0) is 25.7 Å². The van der Waals surface area contributed by atoms with Crippen LogP contribution in [0.3, 0.4) is 0 Å². The Morgan fingerprint density at radius 3 is 1.86 bits per heavy atom. The Morgan fingerprint density at radius 1 is 0.386 bits per heavy atom. The molecule has 1 heterocycles. The Kier molecular flexibility index (Phi) is 5.88. The first-order chi connectivity index (χ1) is 29.5. The third-order valence-corrected chi connectivity index (χ3v) is 13.0. The Labute approximate surface area is 335 Å². The van der Waals surface area contributed by atoms with E-state index < -0.39 is 0 Å². The number of aromatic nitrogens is 1. The summed E-state index contributed by atoms with van der Waals surface area (Å²) in [6, 6.07) is 56.7. The first kappa shape index (κ1) is 28.4. The van der Waals surface area contributed by atoms with Gasteiger partial charge in [0.1, 0.15) is 0 Å². The zero-order chi connectivity index (χ0) is 39.8. The van der Waals surface area contributed by atoms with E-state index in [2.05, 4.69) is 156 Å². The Morgan fingerprint density at radius 2 is 1.02 bits per heavy atom. The summed E-state index contributed by atoms with van der Waals surface area (Å²) in [6.07, 6.45) is 3.80. The molecule has 10 aromatic carbocycles. The summed E-state index contributed by atoms with van der Waals surface area (Å²) in [4.78, 5) is 0. The van der Waals surface area contributed by atoms with Crippen LogP contribution in [0.25, 0.3) is 104 Å². The smallest absolute Gasteiger partial charge is 0.0636 e. The molecule has 0 fully saturated rings. The molecule has 13 rings (SSSR count). The number of rotatable bonds is 4. The van der Waals surface area contributed by atoms with Crippen LogP contribution in [0.1, 0.15) is 26.4 Å². The van der Waals surface area contributed by atoms with E-state index in [1.807, 2.05) is 6.07 Å². The molecule has 0 N–H and O–H groups in total. The molecule has 1 nitrogen and oxygen atoms in total. The molecular formula is C56H37N. The minimum absolute atomic E-state index is 0.217. The molecule has 0 radical (unpaired) electrons. The maximum Gasteiger partial charge on any atom is 0.0636 e. The lowest BCUT2D eigenvalue weighted by molar-refractivity contribution is 0.878. The van der Waals surface area contributed by atoms with Crippen LogP contribution in [-0.4, -0.2) is 4.57 Å². The van der Waals surface area contributed by atoms with Gasteiger partial charge in [0.2, 0.25) is 0 Å². The zero-order valence-corrected chi connectivity index (χ0v) is 31.3. The van der Waals surface area contributed by atoms with Crippen molar-refractivity contribution >= 4 is 54.1 Å². The highest BCUT2D eigenvalue weighted by Crippen LogP contribution is 2.48. The summed E-state index contributed by atoms with van der Waals surface area (Å²) in [5.74, 6) is 0. The van der Waals surface area contributed by atoms with Gasteiger partial charge in [0.05, 0.1) is 15.1 Å². The first-order valence-corrected chi connectivity index (χ1v) is 20.2. The highest BCUT2D eigenvalue weighted by molar-refractivity contribution is 6.25. The lowest BCUT2D eigenvalue weighted by atomic mass is 9.73. The van der Waals surface area contributed by atoms with Crippen molar-refractivity contribution in [1.82, 2.24) is 4.57 Å². The number of hydrogen-bond acceptors (Lipinski definition) is 0. The Bertz CT molecular complexity index is 3600. The minimum Gasteiger partial charge on any atom is -0.309 e. The van der Waals surface area contributed by atoms with Crippen LogP contribution in [0.5, 0.6) is 0 Å². The second-order valence-electron chi connectivity index (χ2n) is 16.0. The molecule has 2 aliphatic carbocycles. The van der Waals surface area contributed by atoms with E-state index in [0.29, 0.717) is 16.7 Å². The maximum absolute atomic E-state index is 10.3. The van der Waals surface area contributed by atoms with E-state index in [9.17, 15) is 4.11 Å². The van der Waals surface area contributed by atoms with Crippen LogP contribution in [0.4, 0.5) is 0 Å². The molecule has 2 aliphatic rings. The summed E-state index contributed by atoms with van der Waals surface area (Å²) in [7, 11) is 0. The van der Waals surface area contributed by atoms with Crippen LogP contribution in [0, 0.1) is 0 Å². The first-order valence-electron chi connectivity index (χ1n) is 21.7. The molecule has 0 spiro atoms. The van der Waals surface area contributed by atoms with Crippen molar-refractivity contribution in [3.8, 4) is 50.2 Å². The van der Waals surface area contributed by atoms with Crippen LogP contribution < -0.4 is 0 Å². The summed E-state index contributed by atoms with van der Waals surface area (Å²) in [5, 5.41) is 9.08. The molecule has 0 atom stereocenters. The van der Waals surface area contributed by atoms with E-state index in [1.165, 1.54) is 49.5 Å². The number of aryl methyl sites for hydroxylation is 3. The zero-order valence-electron chi connectivity index (χ0n) is 34.3. The number of hydrogen-bond donors (Lipinski definition) is 0. The van der Waals surface area contributed by atoms with Gasteiger partial charge in [0.25, 0.3) is 0 Å². The highest BCUT2D eigenvalue weighted by atomic mass is 15.0. The van der Waals surface area contributed by atoms with Gasteiger partial charge in [-0.15, -0.1) is 0 Å². The van der Waals surface area contributed by atoms with Crippen molar-refractivity contribution in [3.63, 3.8) is 0 Å². The SMILES string of the molecule is [2H]c1c(-c2ccc3c(c2)c2ccccc2n3-c2ccccc2)c([2H])c(-c2ccc3ccc4cccc5ccc2c3c45)c([2H])c1-c1ccc2c3c1CCc1cccc(c1-3)CC2. The van der Waals surface area contributed by atoms with Gasteiger partial charge in [-0.3, -0.25) is 0 Å². The van der Waals surface area contributed by atoms with E-state index in [-0.39, 0.29) is 18.1 Å². The third kappa shape index (κ3) is 4.51. The Hall–Kier alpha value is -6.96. The molecule has 1 aromatic heterocycles. The Balaban J connectivity index is 1.14. The number of fused-ring (bicyclic) bond motifs is 3. The summed E-state index contributed by atoms with van der Waals surface area (Å²) >= 11 is 0. The molecular weight excluding hydrogens is 687 g/mol. The number of nitrogens with zero attached hydrogens (tertiary/aromatic N) is 1. The van der Waals surface area contributed by atoms with Gasteiger partial charge in [-0.2, -0.15) is 0 Å². The quantitative estimate of drug-likeness (QED) is 0.159. The molecule has 11 aromatic rings. The van der Waals surface area contributed by atoms with Crippen molar-refractivity contribution in [1.29, 1.82) is 0 Å². The fourth-order valence-corrected chi connectivity index (χ4v) is 10.4. The molecule has 0 unspecified atom stereocenters. The lowest BCUT2D eigenvalue weighted by Gasteiger charge is -2.31. The van der Waals surface area contributed by atoms with Crippen LogP contribution >= 0.6 is 0 Å². The van der Waals surface area contributed by atoms with E-state index in [0.717, 1.165) is 86.0 Å². The number of para-hydroxylation sites is 2. The highest BCUT2D eigenvalue weighted by Gasteiger charge is 2.28. The lowest BCUT2D eigenvalue weighted by Crippen LogP contribution is -2.14. The normalized spacial score (nSPS) is 14.1. The molecule has 0 saturated heterocycles. The van der Waals surface area contributed by atoms with Gasteiger partial charge < -0.3 is 4.57 Å². The molecule has 0 saturated carbocycles. The molecule has 57 heavy (non-hydrogen) atoms. The van der Waals surface area contributed by atoms with Gasteiger partial charge >= 0.3 is 0 Å². The van der Waals surface area contributed by atoms with Crippen molar-refractivity contribution in [2.45, 2.75) is 25.7 Å². The van der Waals surface area contributed by atoms with Gasteiger partial charge in [0.15, 0.2) is 0 Å². The second kappa shape index (κ2) is 11.8. The molecule has 266 valence electrons. The van der Waals surface area contributed by atoms with Crippen LogP contribution in [0.2, 0.25) is 0 Å². The molecule has 0 bridgehead atoms. The van der Waals surface area contributed by atoms with E-state index in [4.69, 9.17) is 0 Å². The van der Waals surface area contributed by atoms with Gasteiger partial charge in [-0.05, 0) is 173 Å². The summed E-state index contributed by atoms with van der Waals surface area (Å²) in [5.41, 5.74) is 15.7. The van der Waals surface area contributed by atoms with Crippen molar-refractivity contribution in [3.05, 3.63) is 198 Å². The van der Waals surface area contributed by atoms with Crippen molar-refractivity contribution in [2.24, 2.45) is 0 Å². The minimum atomic E-state index is 0.217. The van der Waals surface area contributed by atoms with Crippen LogP contribution in [0.15, 0.2) is 176 Å². The number of benzene rings is 10. The monoisotopic (exact) mass is 726 g/mol. The van der Waals surface area contributed by atoms with E-state index >= 15 is 0 Å². The van der Waals surface area contributed by atoms with Crippen molar-refractivity contribution in [2.75, 3.05) is 0 Å².